The molecule has 0 aliphatic heterocycles. The molecule has 0 spiro atoms. The summed E-state index contributed by atoms with van der Waals surface area (Å²) < 4.78 is 0. The van der Waals surface area contributed by atoms with Crippen molar-refractivity contribution < 1.29 is 0 Å². The maximum atomic E-state index is 2.40. The van der Waals surface area contributed by atoms with E-state index in [0.717, 1.165) is 0 Å². The van der Waals surface area contributed by atoms with Crippen molar-refractivity contribution in [1.29, 1.82) is 0 Å². The van der Waals surface area contributed by atoms with E-state index >= 15 is 0 Å². The van der Waals surface area contributed by atoms with Gasteiger partial charge in [-0.2, -0.15) is 23.3 Å². The Labute approximate surface area is 190 Å². The fourth-order valence-electron chi connectivity index (χ4n) is 6.39. The first-order valence-electron chi connectivity index (χ1n) is 11.6. The second-order valence-corrected chi connectivity index (χ2v) is 9.19. The largest absolute Gasteiger partial charge is 0.178 e. The van der Waals surface area contributed by atoms with Crippen molar-refractivity contribution in [3.05, 3.63) is 167 Å². The Kier molecular flexibility index (Phi) is 3.90. The van der Waals surface area contributed by atoms with Crippen LogP contribution in [0.5, 0.6) is 0 Å². The normalized spacial score (nSPS) is 26.1. The zero-order valence-electron chi connectivity index (χ0n) is 17.9. The van der Waals surface area contributed by atoms with Crippen molar-refractivity contribution >= 4 is 0 Å². The zero-order valence-corrected chi connectivity index (χ0v) is 17.9. The predicted molar refractivity (Wildman–Crippen MR) is 131 cm³/mol. The molecule has 0 heteroatoms. The van der Waals surface area contributed by atoms with E-state index < -0.39 is 0 Å². The second-order valence-electron chi connectivity index (χ2n) is 9.19. The predicted octanol–water partition coefficient (Wildman–Crippen LogP) is 7.31. The third kappa shape index (κ3) is 2.44. The number of benzene rings is 3. The molecule has 0 saturated carbocycles. The molecule has 0 bridgehead atoms. The molecule has 0 aromatic heterocycles. The van der Waals surface area contributed by atoms with Crippen LogP contribution in [0.2, 0.25) is 0 Å². The molecule has 0 N–H and O–H groups in total. The summed E-state index contributed by atoms with van der Waals surface area (Å²) in [5.41, 5.74) is 8.51. The van der Waals surface area contributed by atoms with E-state index in [2.05, 4.69) is 121 Å². The van der Waals surface area contributed by atoms with Crippen molar-refractivity contribution in [2.75, 3.05) is 0 Å². The van der Waals surface area contributed by atoms with E-state index in [1.54, 1.807) is 0 Å². The topological polar surface area (TPSA) is 0 Å². The van der Waals surface area contributed by atoms with Gasteiger partial charge >= 0.3 is 0 Å². The average Bonchev–Trinajstić information content (AvgIpc) is 3.37. The Hall–Kier alpha value is -3.64. The van der Waals surface area contributed by atoms with Gasteiger partial charge in [0.1, 0.15) is 0 Å². The molecule has 0 fully saturated rings. The lowest BCUT2D eigenvalue weighted by Gasteiger charge is -2.39. The highest BCUT2D eigenvalue weighted by Crippen LogP contribution is 2.56. The number of hydrogen-bond acceptors (Lipinski definition) is 0. The number of rotatable bonds is 2. The SMILES string of the molecule is C1=CC2c3ccccc3[C-](c3ccccc3[C-]3c4ccccc4C4C=CC=CC34)C2C=C1. The molecule has 3 aromatic rings. The maximum absolute atomic E-state index is 2.40. The van der Waals surface area contributed by atoms with Crippen LogP contribution < -0.4 is 0 Å². The molecule has 7 rings (SSSR count). The quantitative estimate of drug-likeness (QED) is 0.390. The molecule has 3 aromatic carbocycles. The summed E-state index contributed by atoms with van der Waals surface area (Å²) in [7, 11) is 0. The Morgan fingerprint density at radius 3 is 1.25 bits per heavy atom. The van der Waals surface area contributed by atoms with Crippen LogP contribution in [0, 0.1) is 23.7 Å². The lowest BCUT2D eigenvalue weighted by molar-refractivity contribution is 0.657. The zero-order chi connectivity index (χ0) is 21.1. The standard InChI is InChI=1S/C32H24/c1-5-15-25-21(11-1)22-12-2-6-16-26(22)31(25)29-19-9-10-20-30(29)32-27-17-7-3-13-23(27)24-14-4-8-18-28(24)32/h1-21,23,25,27H/q-2. The number of hydrogen-bond donors (Lipinski definition) is 0. The lowest BCUT2D eigenvalue weighted by Crippen LogP contribution is -2.18. The molecular weight excluding hydrogens is 384 g/mol. The van der Waals surface area contributed by atoms with Crippen LogP contribution in [0.3, 0.4) is 0 Å². The molecular formula is C32H24-2. The van der Waals surface area contributed by atoms with Gasteiger partial charge in [0.15, 0.2) is 0 Å². The lowest BCUT2D eigenvalue weighted by atomic mass is 9.73. The highest BCUT2D eigenvalue weighted by Gasteiger charge is 2.36. The third-order valence-corrected chi connectivity index (χ3v) is 7.66. The fraction of sp³-hybridized carbons (Fsp3) is 0.125. The molecule has 4 atom stereocenters. The summed E-state index contributed by atoms with van der Waals surface area (Å²) in [6.45, 7) is 0. The first-order chi connectivity index (χ1) is 15.9. The minimum absolute atomic E-state index is 0.397. The van der Waals surface area contributed by atoms with Crippen molar-refractivity contribution in [2.45, 2.75) is 11.8 Å². The second kappa shape index (κ2) is 6.93. The van der Waals surface area contributed by atoms with Gasteiger partial charge < -0.3 is 0 Å². The van der Waals surface area contributed by atoms with Crippen molar-refractivity contribution in [1.82, 2.24) is 0 Å². The highest BCUT2D eigenvalue weighted by molar-refractivity contribution is 5.69. The molecule has 154 valence electrons. The van der Waals surface area contributed by atoms with E-state index in [1.807, 2.05) is 0 Å². The molecule has 4 aliphatic rings. The van der Waals surface area contributed by atoms with Crippen LogP contribution in [-0.4, -0.2) is 0 Å². The van der Waals surface area contributed by atoms with E-state index in [9.17, 15) is 0 Å². The van der Waals surface area contributed by atoms with Gasteiger partial charge in [0, 0.05) is 0 Å². The molecule has 0 amide bonds. The summed E-state index contributed by atoms with van der Waals surface area (Å²) in [6.07, 6.45) is 18.4. The van der Waals surface area contributed by atoms with Crippen molar-refractivity contribution in [3.8, 4) is 0 Å². The van der Waals surface area contributed by atoms with Gasteiger partial charge in [0.25, 0.3) is 0 Å². The van der Waals surface area contributed by atoms with Gasteiger partial charge in [-0.3, -0.25) is 0 Å². The van der Waals surface area contributed by atoms with Crippen molar-refractivity contribution in [3.63, 3.8) is 0 Å². The summed E-state index contributed by atoms with van der Waals surface area (Å²) in [5, 5.41) is 0. The van der Waals surface area contributed by atoms with Gasteiger partial charge in [0.2, 0.25) is 0 Å². The first-order valence-corrected chi connectivity index (χ1v) is 11.6. The minimum atomic E-state index is 0.397. The summed E-state index contributed by atoms with van der Waals surface area (Å²) >= 11 is 0. The first kappa shape index (κ1) is 18.0. The third-order valence-electron chi connectivity index (χ3n) is 7.66. The Bertz CT molecular complexity index is 1210. The maximum Gasteiger partial charge on any atom is -0.0214 e. The molecule has 0 nitrogen and oxygen atoms in total. The minimum Gasteiger partial charge on any atom is -0.178 e. The van der Waals surface area contributed by atoms with Crippen LogP contribution in [0.4, 0.5) is 0 Å². The number of fused-ring (bicyclic) bond motifs is 6. The van der Waals surface area contributed by atoms with E-state index in [1.165, 1.54) is 45.2 Å². The molecule has 4 unspecified atom stereocenters. The summed E-state index contributed by atoms with van der Waals surface area (Å²) in [5.74, 6) is 4.62. The van der Waals surface area contributed by atoms with E-state index in [4.69, 9.17) is 0 Å². The molecule has 0 radical (unpaired) electrons. The Morgan fingerprint density at radius 2 is 0.781 bits per heavy atom. The Morgan fingerprint density at radius 1 is 0.406 bits per heavy atom. The molecule has 4 aliphatic carbocycles. The van der Waals surface area contributed by atoms with Gasteiger partial charge in [-0.15, -0.1) is 47.2 Å². The van der Waals surface area contributed by atoms with Crippen LogP contribution in [-0.2, 0) is 0 Å². The highest BCUT2D eigenvalue weighted by atomic mass is 14.5. The van der Waals surface area contributed by atoms with Crippen LogP contribution in [0.15, 0.2) is 121 Å². The van der Waals surface area contributed by atoms with Crippen LogP contribution in [0.1, 0.15) is 45.2 Å². The smallest absolute Gasteiger partial charge is 0.0214 e. The van der Waals surface area contributed by atoms with Crippen molar-refractivity contribution in [2.24, 2.45) is 11.8 Å². The molecule has 0 saturated heterocycles. The van der Waals surface area contributed by atoms with E-state index in [-0.39, 0.29) is 0 Å². The van der Waals surface area contributed by atoms with Crippen LogP contribution >= 0.6 is 0 Å². The molecule has 32 heavy (non-hydrogen) atoms. The van der Waals surface area contributed by atoms with E-state index in [0.29, 0.717) is 23.7 Å². The summed E-state index contributed by atoms with van der Waals surface area (Å²) in [4.78, 5) is 0. The fourth-order valence-corrected chi connectivity index (χ4v) is 6.39. The Balaban J connectivity index is 1.43. The monoisotopic (exact) mass is 408 g/mol. The van der Waals surface area contributed by atoms with Gasteiger partial charge in [-0.25, -0.2) is 0 Å². The van der Waals surface area contributed by atoms with Crippen LogP contribution in [0.25, 0.3) is 0 Å². The van der Waals surface area contributed by atoms with Gasteiger partial charge in [0.05, 0.1) is 0 Å². The molecule has 0 heterocycles. The number of allylic oxidation sites excluding steroid dienone is 8. The van der Waals surface area contributed by atoms with Gasteiger partial charge in [-0.1, -0.05) is 96.1 Å². The van der Waals surface area contributed by atoms with Gasteiger partial charge in [-0.05, 0) is 23.7 Å². The summed E-state index contributed by atoms with van der Waals surface area (Å²) in [6, 6.07) is 27.1. The average molecular weight is 409 g/mol.